The van der Waals surface area contributed by atoms with Gasteiger partial charge in [-0.1, -0.05) is 11.6 Å². The molecule has 0 atom stereocenters. The van der Waals surface area contributed by atoms with E-state index in [1.165, 1.54) is 23.5 Å². The van der Waals surface area contributed by atoms with Crippen molar-refractivity contribution in [2.45, 2.75) is 6.61 Å². The highest BCUT2D eigenvalue weighted by Crippen LogP contribution is 2.33. The summed E-state index contributed by atoms with van der Waals surface area (Å²) in [5, 5.41) is 3.08. The largest absolute Gasteiger partial charge is 0.493 e. The summed E-state index contributed by atoms with van der Waals surface area (Å²) >= 11 is 7.29. The molecular weight excluding hydrogens is 388 g/mol. The predicted octanol–water partition coefficient (Wildman–Crippen LogP) is 4.42. The quantitative estimate of drug-likeness (QED) is 0.483. The molecule has 0 fully saturated rings. The highest BCUT2D eigenvalue weighted by atomic mass is 35.5. The van der Waals surface area contributed by atoms with Crippen molar-refractivity contribution in [3.8, 4) is 22.1 Å². The van der Waals surface area contributed by atoms with Gasteiger partial charge in [0, 0.05) is 21.7 Å². The van der Waals surface area contributed by atoms with Gasteiger partial charge < -0.3 is 19.9 Å². The molecule has 0 radical (unpaired) electrons. The van der Waals surface area contributed by atoms with Crippen LogP contribution in [0.2, 0.25) is 5.02 Å². The second-order valence-corrected chi connectivity index (χ2v) is 6.82. The lowest BCUT2D eigenvalue weighted by Crippen LogP contribution is -2.08. The Morgan fingerprint density at radius 2 is 1.93 bits per heavy atom. The number of ether oxygens (including phenoxy) is 3. The van der Waals surface area contributed by atoms with Gasteiger partial charge in [-0.2, -0.15) is 0 Å². The fourth-order valence-corrected chi connectivity index (χ4v) is 3.39. The molecule has 0 aliphatic carbocycles. The number of nitrogens with zero attached hydrogens (tertiary/aromatic N) is 1. The van der Waals surface area contributed by atoms with Crippen LogP contribution in [0.4, 0.5) is 5.69 Å². The van der Waals surface area contributed by atoms with Crippen molar-refractivity contribution in [3.05, 3.63) is 58.1 Å². The Bertz CT molecular complexity index is 974. The molecular formula is C19H17ClN2O4S. The molecule has 27 heavy (non-hydrogen) atoms. The first kappa shape index (κ1) is 19.0. The van der Waals surface area contributed by atoms with E-state index >= 15 is 0 Å². The van der Waals surface area contributed by atoms with E-state index in [4.69, 9.17) is 31.5 Å². The Kier molecular flexibility index (Phi) is 5.83. The van der Waals surface area contributed by atoms with Crippen molar-refractivity contribution >= 4 is 34.6 Å². The molecule has 0 aliphatic heterocycles. The first-order chi connectivity index (χ1) is 13.0. The van der Waals surface area contributed by atoms with Crippen LogP contribution in [0, 0.1) is 0 Å². The van der Waals surface area contributed by atoms with E-state index in [-0.39, 0.29) is 17.9 Å². The highest BCUT2D eigenvalue weighted by Gasteiger charge is 2.14. The SMILES string of the molecule is COc1ccc(-c2nc(COC(=O)c3ccc(Cl)cc3N)cs2)cc1OC. The number of halogens is 1. The number of aromatic nitrogens is 1. The van der Waals surface area contributed by atoms with Crippen LogP contribution in [-0.2, 0) is 11.3 Å². The number of esters is 1. The van der Waals surface area contributed by atoms with Crippen LogP contribution in [0.15, 0.2) is 41.8 Å². The summed E-state index contributed by atoms with van der Waals surface area (Å²) < 4.78 is 15.9. The van der Waals surface area contributed by atoms with Crippen LogP contribution in [0.3, 0.4) is 0 Å². The minimum atomic E-state index is -0.523. The number of anilines is 1. The van der Waals surface area contributed by atoms with Crippen molar-refractivity contribution in [1.82, 2.24) is 4.98 Å². The maximum Gasteiger partial charge on any atom is 0.340 e. The number of carbonyl (C=O) groups excluding carboxylic acids is 1. The smallest absolute Gasteiger partial charge is 0.340 e. The van der Waals surface area contributed by atoms with E-state index in [2.05, 4.69) is 4.98 Å². The second-order valence-electron chi connectivity index (χ2n) is 5.52. The number of methoxy groups -OCH3 is 2. The number of rotatable bonds is 6. The zero-order valence-electron chi connectivity index (χ0n) is 14.7. The average molecular weight is 405 g/mol. The molecule has 1 aromatic heterocycles. The maximum atomic E-state index is 12.2. The molecule has 6 nitrogen and oxygen atoms in total. The van der Waals surface area contributed by atoms with Crippen LogP contribution in [0.5, 0.6) is 11.5 Å². The molecule has 0 amide bonds. The topological polar surface area (TPSA) is 83.7 Å². The number of hydrogen-bond donors (Lipinski definition) is 1. The highest BCUT2D eigenvalue weighted by molar-refractivity contribution is 7.13. The van der Waals surface area contributed by atoms with Crippen LogP contribution in [-0.4, -0.2) is 25.2 Å². The fourth-order valence-electron chi connectivity index (χ4n) is 2.41. The molecule has 8 heteroatoms. The normalized spacial score (nSPS) is 10.5. The molecule has 1 heterocycles. The number of nitrogens with two attached hydrogens (primary N) is 1. The standard InChI is InChI=1S/C19H17ClN2O4S/c1-24-16-6-3-11(7-17(16)25-2)18-22-13(10-27-18)9-26-19(23)14-5-4-12(20)8-15(14)21/h3-8,10H,9,21H2,1-2H3. The molecule has 0 bridgehead atoms. The molecule has 3 aromatic rings. The lowest BCUT2D eigenvalue weighted by Gasteiger charge is -2.08. The molecule has 2 aromatic carbocycles. The van der Waals surface area contributed by atoms with Crippen molar-refractivity contribution in [2.24, 2.45) is 0 Å². The summed E-state index contributed by atoms with van der Waals surface area (Å²) in [6.45, 7) is 0.0463. The average Bonchev–Trinajstić information content (AvgIpc) is 3.14. The summed E-state index contributed by atoms with van der Waals surface area (Å²) in [6, 6.07) is 10.2. The molecule has 0 saturated heterocycles. The molecule has 2 N–H and O–H groups in total. The number of carbonyl (C=O) groups is 1. The minimum Gasteiger partial charge on any atom is -0.493 e. The lowest BCUT2D eigenvalue weighted by molar-refractivity contribution is 0.0470. The van der Waals surface area contributed by atoms with Crippen LogP contribution in [0.25, 0.3) is 10.6 Å². The van der Waals surface area contributed by atoms with Gasteiger partial charge in [-0.05, 0) is 36.4 Å². The summed E-state index contributed by atoms with van der Waals surface area (Å²) in [5.74, 6) is 0.744. The third kappa shape index (κ3) is 4.32. The number of thiazole rings is 1. The third-order valence-corrected chi connectivity index (χ3v) is 4.94. The van der Waals surface area contributed by atoms with Crippen LogP contribution in [0.1, 0.15) is 16.1 Å². The Morgan fingerprint density at radius 1 is 1.15 bits per heavy atom. The third-order valence-electron chi connectivity index (χ3n) is 3.77. The zero-order chi connectivity index (χ0) is 19.4. The van der Waals surface area contributed by atoms with Gasteiger partial charge >= 0.3 is 5.97 Å². The molecule has 0 unspecified atom stereocenters. The monoisotopic (exact) mass is 404 g/mol. The Hall–Kier alpha value is -2.77. The van der Waals surface area contributed by atoms with Gasteiger partial charge in [0.05, 0.1) is 25.5 Å². The predicted molar refractivity (Wildman–Crippen MR) is 106 cm³/mol. The number of hydrogen-bond acceptors (Lipinski definition) is 7. The van der Waals surface area contributed by atoms with Gasteiger partial charge in [0.2, 0.25) is 0 Å². The Morgan fingerprint density at radius 3 is 2.63 bits per heavy atom. The molecule has 0 aliphatic rings. The minimum absolute atomic E-state index is 0.0463. The van der Waals surface area contributed by atoms with E-state index in [9.17, 15) is 4.79 Å². The van der Waals surface area contributed by atoms with E-state index in [0.717, 1.165) is 10.6 Å². The van der Waals surface area contributed by atoms with Gasteiger partial charge in [0.25, 0.3) is 0 Å². The summed E-state index contributed by atoms with van der Waals surface area (Å²) in [5.41, 5.74) is 7.88. The Labute approximate surface area is 165 Å². The van der Waals surface area contributed by atoms with Gasteiger partial charge in [-0.15, -0.1) is 11.3 Å². The van der Waals surface area contributed by atoms with Crippen LogP contribution < -0.4 is 15.2 Å². The summed E-state index contributed by atoms with van der Waals surface area (Å²) in [7, 11) is 3.16. The number of benzene rings is 2. The van der Waals surface area contributed by atoms with Crippen molar-refractivity contribution in [3.63, 3.8) is 0 Å². The second kappa shape index (κ2) is 8.28. The molecule has 140 valence electrons. The zero-order valence-corrected chi connectivity index (χ0v) is 16.3. The van der Waals surface area contributed by atoms with Gasteiger partial charge in [0.1, 0.15) is 11.6 Å². The Balaban J connectivity index is 1.70. The first-order valence-corrected chi connectivity index (χ1v) is 9.16. The molecule has 3 rings (SSSR count). The van der Waals surface area contributed by atoms with E-state index in [1.807, 2.05) is 23.6 Å². The van der Waals surface area contributed by atoms with Crippen molar-refractivity contribution in [1.29, 1.82) is 0 Å². The van der Waals surface area contributed by atoms with Gasteiger partial charge in [0.15, 0.2) is 11.5 Å². The van der Waals surface area contributed by atoms with Crippen LogP contribution >= 0.6 is 22.9 Å². The van der Waals surface area contributed by atoms with Gasteiger partial charge in [-0.3, -0.25) is 0 Å². The van der Waals surface area contributed by atoms with Crippen molar-refractivity contribution < 1.29 is 19.0 Å². The molecule has 0 saturated carbocycles. The number of nitrogen functional groups attached to an aromatic ring is 1. The fraction of sp³-hybridized carbons (Fsp3) is 0.158. The van der Waals surface area contributed by atoms with E-state index < -0.39 is 5.97 Å². The van der Waals surface area contributed by atoms with Gasteiger partial charge in [-0.25, -0.2) is 9.78 Å². The lowest BCUT2D eigenvalue weighted by atomic mass is 10.2. The first-order valence-electron chi connectivity index (χ1n) is 7.90. The molecule has 0 spiro atoms. The summed E-state index contributed by atoms with van der Waals surface area (Å²) in [6.07, 6.45) is 0. The summed E-state index contributed by atoms with van der Waals surface area (Å²) in [4.78, 5) is 16.7. The van der Waals surface area contributed by atoms with E-state index in [1.54, 1.807) is 20.3 Å². The van der Waals surface area contributed by atoms with E-state index in [0.29, 0.717) is 22.2 Å². The van der Waals surface area contributed by atoms with Crippen molar-refractivity contribution in [2.75, 3.05) is 20.0 Å². The maximum absolute atomic E-state index is 12.2.